The van der Waals surface area contributed by atoms with Gasteiger partial charge in [0.1, 0.15) is 4.21 Å². The molecule has 2 fully saturated rings. The zero-order valence-corrected chi connectivity index (χ0v) is 14.2. The summed E-state index contributed by atoms with van der Waals surface area (Å²) in [5.74, 6) is 0.434. The van der Waals surface area contributed by atoms with Gasteiger partial charge in [0.05, 0.1) is 8.81 Å². The highest BCUT2D eigenvalue weighted by atomic mass is 79.9. The number of nitrogens with one attached hydrogen (secondary N) is 1. The maximum atomic E-state index is 12.8. The molecule has 0 aromatic carbocycles. The molecule has 1 aromatic rings. The summed E-state index contributed by atoms with van der Waals surface area (Å²) >= 11 is 10.4. The predicted octanol–water partition coefficient (Wildman–Crippen LogP) is 2.53. The molecule has 2 aliphatic rings. The fourth-order valence-electron chi connectivity index (χ4n) is 3.10. The zero-order chi connectivity index (χ0) is 13.8. The molecule has 0 spiro atoms. The third kappa shape index (κ3) is 2.28. The molecule has 0 amide bonds. The summed E-state index contributed by atoms with van der Waals surface area (Å²) in [6, 6.07) is 1.68. The van der Waals surface area contributed by atoms with Crippen LogP contribution in [0.3, 0.4) is 0 Å². The van der Waals surface area contributed by atoms with Crippen LogP contribution < -0.4 is 5.32 Å². The maximum absolute atomic E-state index is 12.8. The van der Waals surface area contributed by atoms with Crippen molar-refractivity contribution in [3.8, 4) is 0 Å². The van der Waals surface area contributed by atoms with Crippen LogP contribution in [0.15, 0.2) is 14.1 Å². The lowest BCUT2D eigenvalue weighted by Crippen LogP contribution is -2.42. The largest absolute Gasteiger partial charge is 0.315 e. The second-order valence-electron chi connectivity index (χ2n) is 5.09. The van der Waals surface area contributed by atoms with E-state index >= 15 is 0 Å². The standard InChI is InChI=1S/C11H14BrClN2O2S2/c1-6-2-7-4-14-5-9(7)15(6)19(16,17)10-3-8(13)11(12)18-10/h3,6-7,9,14H,2,4-5H2,1H3. The quantitative estimate of drug-likeness (QED) is 0.851. The Bertz CT molecular complexity index is 584. The number of sulfonamides is 1. The number of rotatable bonds is 2. The van der Waals surface area contributed by atoms with Crippen molar-refractivity contribution in [3.63, 3.8) is 0 Å². The van der Waals surface area contributed by atoms with Gasteiger partial charge < -0.3 is 5.32 Å². The van der Waals surface area contributed by atoms with Gasteiger partial charge in [-0.05, 0) is 47.8 Å². The number of nitrogens with zero attached hydrogens (tertiary/aromatic N) is 1. The van der Waals surface area contributed by atoms with Gasteiger partial charge in [-0.25, -0.2) is 8.42 Å². The lowest BCUT2D eigenvalue weighted by molar-refractivity contribution is 0.336. The van der Waals surface area contributed by atoms with Gasteiger partial charge in [0.25, 0.3) is 10.0 Å². The summed E-state index contributed by atoms with van der Waals surface area (Å²) < 4.78 is 28.2. The molecule has 1 N–H and O–H groups in total. The summed E-state index contributed by atoms with van der Waals surface area (Å²) in [5.41, 5.74) is 0. The molecule has 106 valence electrons. The van der Waals surface area contributed by atoms with Crippen LogP contribution in [0, 0.1) is 5.92 Å². The van der Waals surface area contributed by atoms with Crippen LogP contribution in [0.25, 0.3) is 0 Å². The zero-order valence-electron chi connectivity index (χ0n) is 10.3. The van der Waals surface area contributed by atoms with Gasteiger partial charge in [-0.3, -0.25) is 0 Å². The Kier molecular flexibility index (Phi) is 3.73. The average molecular weight is 386 g/mol. The van der Waals surface area contributed by atoms with Gasteiger partial charge in [0.15, 0.2) is 0 Å². The third-order valence-electron chi connectivity index (χ3n) is 3.86. The first-order valence-corrected chi connectivity index (χ1v) is 9.53. The molecule has 3 atom stereocenters. The van der Waals surface area contributed by atoms with E-state index in [1.54, 1.807) is 4.31 Å². The van der Waals surface area contributed by atoms with Crippen molar-refractivity contribution in [3.05, 3.63) is 14.9 Å². The van der Waals surface area contributed by atoms with E-state index in [9.17, 15) is 8.42 Å². The Morgan fingerprint density at radius 3 is 2.89 bits per heavy atom. The number of thiophene rings is 1. The van der Waals surface area contributed by atoms with Crippen LogP contribution in [-0.2, 0) is 10.0 Å². The van der Waals surface area contributed by atoms with E-state index in [2.05, 4.69) is 21.2 Å². The summed E-state index contributed by atoms with van der Waals surface area (Å²) in [7, 11) is -3.45. The van der Waals surface area contributed by atoms with Crippen molar-refractivity contribution in [2.24, 2.45) is 5.92 Å². The molecule has 19 heavy (non-hydrogen) atoms. The molecule has 2 aliphatic heterocycles. The summed E-state index contributed by atoms with van der Waals surface area (Å²) in [6.45, 7) is 3.64. The molecule has 0 saturated carbocycles. The Labute approximate surface area is 130 Å². The van der Waals surface area contributed by atoms with E-state index in [1.807, 2.05) is 6.92 Å². The first kappa shape index (κ1) is 14.3. The average Bonchev–Trinajstić information content (AvgIpc) is 2.94. The molecular formula is C11H14BrClN2O2S2. The fourth-order valence-corrected chi connectivity index (χ4v) is 7.49. The van der Waals surface area contributed by atoms with E-state index < -0.39 is 10.0 Å². The Morgan fingerprint density at radius 2 is 2.26 bits per heavy atom. The number of hydrogen-bond acceptors (Lipinski definition) is 4. The monoisotopic (exact) mass is 384 g/mol. The maximum Gasteiger partial charge on any atom is 0.253 e. The highest BCUT2D eigenvalue weighted by Gasteiger charge is 2.48. The van der Waals surface area contributed by atoms with Crippen molar-refractivity contribution in [1.82, 2.24) is 9.62 Å². The minimum atomic E-state index is -3.45. The van der Waals surface area contributed by atoms with Crippen molar-refractivity contribution < 1.29 is 8.42 Å². The van der Waals surface area contributed by atoms with Crippen molar-refractivity contribution in [2.45, 2.75) is 29.6 Å². The normalized spacial score (nSPS) is 31.8. The second-order valence-corrected chi connectivity index (χ2v) is 9.94. The minimum absolute atomic E-state index is 0.0572. The molecule has 4 nitrogen and oxygen atoms in total. The van der Waals surface area contributed by atoms with Gasteiger partial charge in [-0.2, -0.15) is 4.31 Å². The van der Waals surface area contributed by atoms with Gasteiger partial charge in [0, 0.05) is 18.6 Å². The molecule has 0 bridgehead atoms. The molecule has 0 radical (unpaired) electrons. The summed E-state index contributed by atoms with van der Waals surface area (Å²) in [5, 5.41) is 3.73. The molecule has 3 heterocycles. The Balaban J connectivity index is 2.00. The Morgan fingerprint density at radius 1 is 1.53 bits per heavy atom. The van der Waals surface area contributed by atoms with Gasteiger partial charge in [-0.1, -0.05) is 11.6 Å². The number of fused-ring (bicyclic) bond motifs is 1. The lowest BCUT2D eigenvalue weighted by Gasteiger charge is -2.25. The van der Waals surface area contributed by atoms with Gasteiger partial charge >= 0.3 is 0 Å². The highest BCUT2D eigenvalue weighted by Crippen LogP contribution is 2.41. The van der Waals surface area contributed by atoms with Crippen molar-refractivity contribution >= 4 is 48.9 Å². The molecule has 1 aromatic heterocycles. The summed E-state index contributed by atoms with van der Waals surface area (Å²) in [6.07, 6.45) is 0.928. The van der Waals surface area contributed by atoms with Gasteiger partial charge in [-0.15, -0.1) is 11.3 Å². The molecule has 2 saturated heterocycles. The third-order valence-corrected chi connectivity index (χ3v) is 8.83. The predicted molar refractivity (Wildman–Crippen MR) is 80.3 cm³/mol. The molecule has 0 aliphatic carbocycles. The van der Waals surface area contributed by atoms with Crippen LogP contribution in [0.4, 0.5) is 0 Å². The van der Waals surface area contributed by atoms with Gasteiger partial charge in [0.2, 0.25) is 0 Å². The van der Waals surface area contributed by atoms with Crippen LogP contribution >= 0.6 is 38.9 Å². The second kappa shape index (κ2) is 4.96. The molecule has 8 heteroatoms. The molecular weight excluding hydrogens is 372 g/mol. The van der Waals surface area contributed by atoms with E-state index in [1.165, 1.54) is 17.4 Å². The first-order valence-electron chi connectivity index (χ1n) is 6.10. The fraction of sp³-hybridized carbons (Fsp3) is 0.636. The number of hydrogen-bond donors (Lipinski definition) is 1. The van der Waals surface area contributed by atoms with E-state index in [4.69, 9.17) is 11.6 Å². The SMILES string of the molecule is CC1CC2CNCC2N1S(=O)(=O)c1cc(Cl)c(Br)s1. The molecule has 3 rings (SSSR count). The minimum Gasteiger partial charge on any atom is -0.315 e. The lowest BCUT2D eigenvalue weighted by atomic mass is 10.0. The molecule has 3 unspecified atom stereocenters. The summed E-state index contributed by atoms with van der Waals surface area (Å²) in [4.78, 5) is 0. The van der Waals surface area contributed by atoms with Crippen molar-refractivity contribution in [1.29, 1.82) is 0 Å². The van der Waals surface area contributed by atoms with Crippen LogP contribution in [-0.4, -0.2) is 37.9 Å². The smallest absolute Gasteiger partial charge is 0.253 e. The first-order chi connectivity index (χ1) is 8.91. The highest BCUT2D eigenvalue weighted by molar-refractivity contribution is 9.11. The van der Waals surface area contributed by atoms with Crippen molar-refractivity contribution in [2.75, 3.05) is 13.1 Å². The topological polar surface area (TPSA) is 49.4 Å². The van der Waals surface area contributed by atoms with Crippen LogP contribution in [0.2, 0.25) is 5.02 Å². The van der Waals surface area contributed by atoms with E-state index in [0.29, 0.717) is 18.9 Å². The van der Waals surface area contributed by atoms with Crippen LogP contribution in [0.5, 0.6) is 0 Å². The van der Waals surface area contributed by atoms with Crippen LogP contribution in [0.1, 0.15) is 13.3 Å². The van der Waals surface area contributed by atoms with E-state index in [-0.39, 0.29) is 12.1 Å². The Hall–Kier alpha value is 0.340. The van der Waals surface area contributed by atoms with E-state index in [0.717, 1.165) is 19.5 Å². The number of halogens is 2.